The van der Waals surface area contributed by atoms with E-state index in [0.717, 1.165) is 18.6 Å². The Bertz CT molecular complexity index is 645. The van der Waals surface area contributed by atoms with Crippen molar-refractivity contribution in [2.24, 2.45) is 0 Å². The molecule has 0 atom stereocenters. The van der Waals surface area contributed by atoms with Gasteiger partial charge in [-0.3, -0.25) is 0 Å². The topological polar surface area (TPSA) is 21.1 Å². The lowest BCUT2D eigenvalue weighted by atomic mass is 10.1. The zero-order valence-electron chi connectivity index (χ0n) is 19.5. The maximum Gasteiger partial charge on any atom is 0.0958 e. The van der Waals surface area contributed by atoms with Crippen molar-refractivity contribution in [3.8, 4) is 0 Å². The number of rotatable bonds is 17. The Hall–Kier alpha value is -1.35. The standard InChI is InChI=1S/C26H45N3/c1-4-6-8-10-12-14-18-28(19-15-13-11-9-7-5-2)20-21-29-23-27-25-22-24(3)16-17-26(25)29/h16-17,22-23H,4-15,18-21H2,1-3H3. The van der Waals surface area contributed by atoms with Crippen LogP contribution in [0.15, 0.2) is 24.5 Å². The highest BCUT2D eigenvalue weighted by molar-refractivity contribution is 5.75. The molecule has 0 bridgehead atoms. The second-order valence-electron chi connectivity index (χ2n) is 8.81. The second kappa shape index (κ2) is 14.6. The molecule has 29 heavy (non-hydrogen) atoms. The summed E-state index contributed by atoms with van der Waals surface area (Å²) in [5.41, 5.74) is 3.69. The van der Waals surface area contributed by atoms with Crippen molar-refractivity contribution < 1.29 is 0 Å². The number of benzene rings is 1. The average Bonchev–Trinajstić information content (AvgIpc) is 3.12. The highest BCUT2D eigenvalue weighted by atomic mass is 15.2. The molecule has 164 valence electrons. The lowest BCUT2D eigenvalue weighted by molar-refractivity contribution is 0.251. The monoisotopic (exact) mass is 399 g/mol. The predicted octanol–water partition coefficient (Wildman–Crippen LogP) is 7.37. The lowest BCUT2D eigenvalue weighted by Gasteiger charge is -2.23. The molecule has 0 radical (unpaired) electrons. The molecule has 0 saturated heterocycles. The van der Waals surface area contributed by atoms with Gasteiger partial charge in [-0.25, -0.2) is 4.98 Å². The number of fused-ring (bicyclic) bond motifs is 1. The van der Waals surface area contributed by atoms with E-state index < -0.39 is 0 Å². The number of nitrogens with zero attached hydrogens (tertiary/aromatic N) is 3. The third-order valence-electron chi connectivity index (χ3n) is 6.09. The van der Waals surface area contributed by atoms with Crippen molar-refractivity contribution in [3.63, 3.8) is 0 Å². The number of hydrogen-bond acceptors (Lipinski definition) is 2. The van der Waals surface area contributed by atoms with Crippen LogP contribution in [0.1, 0.15) is 96.5 Å². The molecule has 0 N–H and O–H groups in total. The van der Waals surface area contributed by atoms with Gasteiger partial charge in [0.05, 0.1) is 17.4 Å². The summed E-state index contributed by atoms with van der Waals surface area (Å²) < 4.78 is 2.34. The number of unbranched alkanes of at least 4 members (excludes halogenated alkanes) is 10. The molecule has 0 aliphatic rings. The van der Waals surface area contributed by atoms with Gasteiger partial charge >= 0.3 is 0 Å². The van der Waals surface area contributed by atoms with E-state index in [-0.39, 0.29) is 0 Å². The molecule has 3 nitrogen and oxygen atoms in total. The Morgan fingerprint density at radius 2 is 1.34 bits per heavy atom. The van der Waals surface area contributed by atoms with Crippen LogP contribution in [0, 0.1) is 6.92 Å². The first kappa shape index (κ1) is 23.9. The summed E-state index contributed by atoms with van der Waals surface area (Å²) in [6.45, 7) is 11.4. The molecule has 1 aromatic heterocycles. The Labute approximate surface area is 179 Å². The third kappa shape index (κ3) is 9.33. The maximum absolute atomic E-state index is 4.61. The normalized spacial score (nSPS) is 11.7. The molecule has 2 rings (SSSR count). The Kier molecular flexibility index (Phi) is 12.0. The quantitative estimate of drug-likeness (QED) is 0.259. The van der Waals surface area contributed by atoms with Gasteiger partial charge in [-0.2, -0.15) is 0 Å². The molecular formula is C26H45N3. The zero-order chi connectivity index (χ0) is 20.7. The van der Waals surface area contributed by atoms with Crippen molar-refractivity contribution in [1.82, 2.24) is 14.5 Å². The largest absolute Gasteiger partial charge is 0.329 e. The molecule has 0 aliphatic carbocycles. The van der Waals surface area contributed by atoms with Crippen LogP contribution >= 0.6 is 0 Å². The second-order valence-corrected chi connectivity index (χ2v) is 8.81. The van der Waals surface area contributed by atoms with Crippen LogP contribution in [0.25, 0.3) is 11.0 Å². The van der Waals surface area contributed by atoms with Gasteiger partial charge in [0, 0.05) is 13.1 Å². The minimum atomic E-state index is 1.05. The molecule has 0 amide bonds. The summed E-state index contributed by atoms with van der Waals surface area (Å²) in [5, 5.41) is 0. The molecule has 0 fully saturated rings. The van der Waals surface area contributed by atoms with E-state index in [1.807, 2.05) is 6.33 Å². The van der Waals surface area contributed by atoms with Crippen LogP contribution in [0.5, 0.6) is 0 Å². The summed E-state index contributed by atoms with van der Waals surface area (Å²) in [5.74, 6) is 0. The Balaban J connectivity index is 1.79. The summed E-state index contributed by atoms with van der Waals surface area (Å²) in [7, 11) is 0. The number of aromatic nitrogens is 2. The SMILES string of the molecule is CCCCCCCCN(CCCCCCCC)CCn1cnc2cc(C)ccc21. The van der Waals surface area contributed by atoms with Crippen LogP contribution in [-0.2, 0) is 6.54 Å². The van der Waals surface area contributed by atoms with E-state index in [2.05, 4.69) is 53.4 Å². The summed E-state index contributed by atoms with van der Waals surface area (Å²) in [4.78, 5) is 7.32. The third-order valence-corrected chi connectivity index (χ3v) is 6.09. The molecule has 0 spiro atoms. The Morgan fingerprint density at radius 1 is 0.759 bits per heavy atom. The van der Waals surface area contributed by atoms with Crippen molar-refractivity contribution >= 4 is 11.0 Å². The molecule has 1 heterocycles. The van der Waals surface area contributed by atoms with Crippen LogP contribution in [0.3, 0.4) is 0 Å². The van der Waals surface area contributed by atoms with Gasteiger partial charge in [0.15, 0.2) is 0 Å². The van der Waals surface area contributed by atoms with Gasteiger partial charge < -0.3 is 9.47 Å². The van der Waals surface area contributed by atoms with Gasteiger partial charge in [-0.15, -0.1) is 0 Å². The van der Waals surface area contributed by atoms with Gasteiger partial charge in [0.25, 0.3) is 0 Å². The molecule has 3 heteroatoms. The van der Waals surface area contributed by atoms with E-state index in [1.54, 1.807) is 0 Å². The van der Waals surface area contributed by atoms with Gasteiger partial charge in [-0.1, -0.05) is 84.1 Å². The summed E-state index contributed by atoms with van der Waals surface area (Å²) in [6, 6.07) is 6.62. The number of aryl methyl sites for hydroxylation is 1. The van der Waals surface area contributed by atoms with Crippen molar-refractivity contribution in [2.45, 2.75) is 104 Å². The van der Waals surface area contributed by atoms with E-state index in [9.17, 15) is 0 Å². The fourth-order valence-electron chi connectivity index (χ4n) is 4.17. The first-order chi connectivity index (χ1) is 14.2. The molecule has 0 unspecified atom stereocenters. The van der Waals surface area contributed by atoms with Gasteiger partial charge in [0.1, 0.15) is 0 Å². The Morgan fingerprint density at radius 3 is 1.97 bits per heavy atom. The van der Waals surface area contributed by atoms with Crippen LogP contribution in [-0.4, -0.2) is 34.1 Å². The average molecular weight is 400 g/mol. The summed E-state index contributed by atoms with van der Waals surface area (Å²) >= 11 is 0. The smallest absolute Gasteiger partial charge is 0.0958 e. The minimum absolute atomic E-state index is 1.05. The van der Waals surface area contributed by atoms with Crippen LogP contribution < -0.4 is 0 Å². The first-order valence-corrected chi connectivity index (χ1v) is 12.4. The van der Waals surface area contributed by atoms with Crippen molar-refractivity contribution in [1.29, 1.82) is 0 Å². The predicted molar refractivity (Wildman–Crippen MR) is 128 cm³/mol. The fourth-order valence-corrected chi connectivity index (χ4v) is 4.17. The van der Waals surface area contributed by atoms with Crippen molar-refractivity contribution in [3.05, 3.63) is 30.1 Å². The fraction of sp³-hybridized carbons (Fsp3) is 0.731. The molecule has 0 aliphatic heterocycles. The van der Waals surface area contributed by atoms with Gasteiger partial charge in [0.2, 0.25) is 0 Å². The minimum Gasteiger partial charge on any atom is -0.329 e. The summed E-state index contributed by atoms with van der Waals surface area (Å²) in [6.07, 6.45) is 18.6. The zero-order valence-corrected chi connectivity index (χ0v) is 19.5. The highest BCUT2D eigenvalue weighted by Gasteiger charge is 2.08. The van der Waals surface area contributed by atoms with E-state index in [0.29, 0.717) is 0 Å². The van der Waals surface area contributed by atoms with Crippen LogP contribution in [0.4, 0.5) is 0 Å². The maximum atomic E-state index is 4.61. The van der Waals surface area contributed by atoms with Gasteiger partial charge in [-0.05, 0) is 50.6 Å². The number of imidazole rings is 1. The number of hydrogen-bond donors (Lipinski definition) is 0. The first-order valence-electron chi connectivity index (χ1n) is 12.4. The molecule has 1 aromatic carbocycles. The van der Waals surface area contributed by atoms with E-state index >= 15 is 0 Å². The highest BCUT2D eigenvalue weighted by Crippen LogP contribution is 2.15. The molecule has 2 aromatic rings. The van der Waals surface area contributed by atoms with E-state index in [1.165, 1.54) is 101 Å². The lowest BCUT2D eigenvalue weighted by Crippen LogP contribution is -2.29. The van der Waals surface area contributed by atoms with Crippen molar-refractivity contribution in [2.75, 3.05) is 19.6 Å². The van der Waals surface area contributed by atoms with Crippen LogP contribution in [0.2, 0.25) is 0 Å². The molecule has 0 saturated carbocycles. The molecular weight excluding hydrogens is 354 g/mol. The van der Waals surface area contributed by atoms with E-state index in [4.69, 9.17) is 0 Å².